The van der Waals surface area contributed by atoms with Gasteiger partial charge in [0.15, 0.2) is 0 Å². The molecule has 0 aliphatic carbocycles. The van der Waals surface area contributed by atoms with Crippen molar-refractivity contribution in [1.29, 1.82) is 0 Å². The predicted molar refractivity (Wildman–Crippen MR) is 98.3 cm³/mol. The van der Waals surface area contributed by atoms with E-state index in [4.69, 9.17) is 4.98 Å². The molecular formula is C21H19N3. The minimum absolute atomic E-state index is 0.859. The van der Waals surface area contributed by atoms with Crippen LogP contribution in [0.4, 0.5) is 0 Å². The molecule has 0 spiro atoms. The zero-order valence-electron chi connectivity index (χ0n) is 13.5. The van der Waals surface area contributed by atoms with E-state index in [1.165, 1.54) is 38.6 Å². The van der Waals surface area contributed by atoms with Gasteiger partial charge >= 0.3 is 0 Å². The molecule has 5 rings (SSSR count). The van der Waals surface area contributed by atoms with E-state index in [1.807, 2.05) is 0 Å². The fourth-order valence-corrected chi connectivity index (χ4v) is 3.86. The van der Waals surface area contributed by atoms with Gasteiger partial charge in [0.05, 0.1) is 16.9 Å². The van der Waals surface area contributed by atoms with Crippen LogP contribution in [0.5, 0.6) is 0 Å². The SMILES string of the molecule is c1ccc(Cc2nc3c(c4c2[nH]c2ccccc24)CCNC3)cc1. The van der Waals surface area contributed by atoms with E-state index in [-0.39, 0.29) is 0 Å². The lowest BCUT2D eigenvalue weighted by molar-refractivity contribution is 0.629. The van der Waals surface area contributed by atoms with Gasteiger partial charge in [-0.25, -0.2) is 0 Å². The normalized spacial score (nSPS) is 14.2. The van der Waals surface area contributed by atoms with Crippen LogP contribution >= 0.6 is 0 Å². The molecule has 1 aliphatic rings. The van der Waals surface area contributed by atoms with Gasteiger partial charge < -0.3 is 10.3 Å². The molecule has 24 heavy (non-hydrogen) atoms. The minimum atomic E-state index is 0.859. The number of nitrogens with zero attached hydrogens (tertiary/aromatic N) is 1. The number of aromatic nitrogens is 2. The number of H-pyrrole nitrogens is 1. The van der Waals surface area contributed by atoms with E-state index in [0.717, 1.165) is 31.6 Å². The first-order chi connectivity index (χ1) is 11.9. The Hall–Kier alpha value is -2.65. The molecule has 0 saturated heterocycles. The summed E-state index contributed by atoms with van der Waals surface area (Å²) in [4.78, 5) is 8.67. The molecule has 0 amide bonds. The zero-order valence-corrected chi connectivity index (χ0v) is 13.5. The highest BCUT2D eigenvalue weighted by atomic mass is 14.9. The predicted octanol–water partition coefficient (Wildman–Crippen LogP) is 3.95. The Balaban J connectivity index is 1.80. The molecule has 0 atom stereocenters. The highest BCUT2D eigenvalue weighted by Crippen LogP contribution is 2.33. The van der Waals surface area contributed by atoms with Gasteiger partial charge in [-0.3, -0.25) is 4.98 Å². The van der Waals surface area contributed by atoms with Gasteiger partial charge in [0.25, 0.3) is 0 Å². The highest BCUT2D eigenvalue weighted by Gasteiger charge is 2.20. The van der Waals surface area contributed by atoms with Crippen LogP contribution < -0.4 is 5.32 Å². The van der Waals surface area contributed by atoms with E-state index < -0.39 is 0 Å². The second kappa shape index (κ2) is 5.46. The number of benzene rings is 2. The Bertz CT molecular complexity index is 1030. The quantitative estimate of drug-likeness (QED) is 0.588. The lowest BCUT2D eigenvalue weighted by Gasteiger charge is -2.19. The summed E-state index contributed by atoms with van der Waals surface area (Å²) in [5.74, 6) is 0. The molecule has 118 valence electrons. The summed E-state index contributed by atoms with van der Waals surface area (Å²) < 4.78 is 0. The van der Waals surface area contributed by atoms with E-state index in [2.05, 4.69) is 64.9 Å². The topological polar surface area (TPSA) is 40.7 Å². The molecule has 1 aliphatic heterocycles. The number of para-hydroxylation sites is 1. The van der Waals surface area contributed by atoms with E-state index in [0.29, 0.717) is 0 Å². The maximum absolute atomic E-state index is 5.04. The molecule has 0 radical (unpaired) electrons. The molecule has 0 unspecified atom stereocenters. The summed E-state index contributed by atoms with van der Waals surface area (Å²) in [5, 5.41) is 6.16. The van der Waals surface area contributed by atoms with Crippen molar-refractivity contribution in [3.05, 3.63) is 77.1 Å². The number of hydrogen-bond donors (Lipinski definition) is 2. The molecule has 0 bridgehead atoms. The van der Waals surface area contributed by atoms with Crippen molar-refractivity contribution >= 4 is 21.8 Å². The number of fused-ring (bicyclic) bond motifs is 5. The van der Waals surface area contributed by atoms with Crippen LogP contribution in [-0.4, -0.2) is 16.5 Å². The van der Waals surface area contributed by atoms with Gasteiger partial charge in [0, 0.05) is 29.3 Å². The summed E-state index contributed by atoms with van der Waals surface area (Å²) in [5.41, 5.74) is 7.49. The van der Waals surface area contributed by atoms with Crippen LogP contribution in [0, 0.1) is 0 Å². The second-order valence-electron chi connectivity index (χ2n) is 6.49. The molecule has 3 heterocycles. The largest absolute Gasteiger partial charge is 0.353 e. The molecule has 2 N–H and O–H groups in total. The summed E-state index contributed by atoms with van der Waals surface area (Å²) in [6, 6.07) is 19.2. The van der Waals surface area contributed by atoms with E-state index in [9.17, 15) is 0 Å². The zero-order chi connectivity index (χ0) is 15.9. The second-order valence-corrected chi connectivity index (χ2v) is 6.49. The Morgan fingerprint density at radius 3 is 2.71 bits per heavy atom. The average molecular weight is 313 g/mol. The van der Waals surface area contributed by atoms with Crippen LogP contribution in [0.3, 0.4) is 0 Å². The first-order valence-corrected chi connectivity index (χ1v) is 8.56. The van der Waals surface area contributed by atoms with Crippen molar-refractivity contribution in [2.45, 2.75) is 19.4 Å². The van der Waals surface area contributed by atoms with Gasteiger partial charge in [-0.15, -0.1) is 0 Å². The Kier molecular flexibility index (Phi) is 3.13. The monoisotopic (exact) mass is 313 g/mol. The first kappa shape index (κ1) is 13.8. The average Bonchev–Trinajstić information content (AvgIpc) is 3.03. The summed E-state index contributed by atoms with van der Waals surface area (Å²) >= 11 is 0. The first-order valence-electron chi connectivity index (χ1n) is 8.56. The number of pyridine rings is 1. The van der Waals surface area contributed by atoms with Crippen LogP contribution in [-0.2, 0) is 19.4 Å². The lowest BCUT2D eigenvalue weighted by Crippen LogP contribution is -2.25. The van der Waals surface area contributed by atoms with Crippen molar-refractivity contribution in [3.63, 3.8) is 0 Å². The number of nitrogens with one attached hydrogen (secondary N) is 2. The van der Waals surface area contributed by atoms with Crippen molar-refractivity contribution in [2.24, 2.45) is 0 Å². The van der Waals surface area contributed by atoms with E-state index in [1.54, 1.807) is 0 Å². The molecule has 4 aromatic rings. The van der Waals surface area contributed by atoms with E-state index >= 15 is 0 Å². The van der Waals surface area contributed by atoms with Crippen LogP contribution in [0.1, 0.15) is 22.5 Å². The van der Waals surface area contributed by atoms with Crippen LogP contribution in [0.2, 0.25) is 0 Å². The molecule has 2 aromatic heterocycles. The fourth-order valence-electron chi connectivity index (χ4n) is 3.86. The summed E-state index contributed by atoms with van der Waals surface area (Å²) in [6.07, 6.45) is 1.91. The van der Waals surface area contributed by atoms with Gasteiger partial charge in [-0.2, -0.15) is 0 Å². The molecule has 0 fully saturated rings. The fraction of sp³-hybridized carbons (Fsp3) is 0.190. The summed E-state index contributed by atoms with van der Waals surface area (Å²) in [7, 11) is 0. The Labute approximate surface area is 140 Å². The highest BCUT2D eigenvalue weighted by molar-refractivity contribution is 6.10. The summed E-state index contributed by atoms with van der Waals surface area (Å²) in [6.45, 7) is 1.90. The van der Waals surface area contributed by atoms with Crippen LogP contribution in [0.15, 0.2) is 54.6 Å². The third-order valence-electron chi connectivity index (χ3n) is 4.97. The number of hydrogen-bond acceptors (Lipinski definition) is 2. The van der Waals surface area contributed by atoms with Gasteiger partial charge in [0.2, 0.25) is 0 Å². The van der Waals surface area contributed by atoms with Crippen molar-refractivity contribution in [1.82, 2.24) is 15.3 Å². The maximum Gasteiger partial charge on any atom is 0.0692 e. The van der Waals surface area contributed by atoms with Gasteiger partial charge in [0.1, 0.15) is 0 Å². The Morgan fingerprint density at radius 2 is 1.79 bits per heavy atom. The van der Waals surface area contributed by atoms with Gasteiger partial charge in [-0.1, -0.05) is 48.5 Å². The third kappa shape index (κ3) is 2.13. The lowest BCUT2D eigenvalue weighted by atomic mass is 9.97. The number of rotatable bonds is 2. The van der Waals surface area contributed by atoms with Crippen molar-refractivity contribution in [3.8, 4) is 0 Å². The number of aromatic amines is 1. The molecule has 3 nitrogen and oxygen atoms in total. The smallest absolute Gasteiger partial charge is 0.0692 e. The van der Waals surface area contributed by atoms with Crippen LogP contribution in [0.25, 0.3) is 21.8 Å². The standard InChI is InChI=1S/C21H19N3/c1-2-6-14(7-3-1)12-18-21-20(15-8-4-5-9-17(15)24-21)16-10-11-22-13-19(16)23-18/h1-9,22,24H,10-13H2. The van der Waals surface area contributed by atoms with Crippen molar-refractivity contribution in [2.75, 3.05) is 6.54 Å². The molecule has 2 aromatic carbocycles. The molecule has 3 heteroatoms. The third-order valence-corrected chi connectivity index (χ3v) is 4.97. The minimum Gasteiger partial charge on any atom is -0.353 e. The molecular weight excluding hydrogens is 294 g/mol. The Morgan fingerprint density at radius 1 is 0.958 bits per heavy atom. The molecule has 0 saturated carbocycles. The van der Waals surface area contributed by atoms with Crippen molar-refractivity contribution < 1.29 is 0 Å². The maximum atomic E-state index is 5.04. The van der Waals surface area contributed by atoms with Gasteiger partial charge in [-0.05, 0) is 30.2 Å².